The molecular formula is C22H20MnN6S2. The monoisotopic (exact) mass is 487 g/mol. The zero-order valence-corrected chi connectivity index (χ0v) is 19.2. The van der Waals surface area contributed by atoms with E-state index in [1.54, 1.807) is 49.6 Å². The van der Waals surface area contributed by atoms with Crippen LogP contribution in [0.15, 0.2) is 122 Å². The summed E-state index contributed by atoms with van der Waals surface area (Å²) in [6.45, 7) is 0. The van der Waals surface area contributed by atoms with Gasteiger partial charge in [0.1, 0.15) is 0 Å². The van der Waals surface area contributed by atoms with Crippen LogP contribution < -0.4 is 0 Å². The Morgan fingerprint density at radius 1 is 0.387 bits per heavy atom. The predicted octanol–water partition coefficient (Wildman–Crippen LogP) is 4.35. The molecule has 4 rings (SSSR count). The van der Waals surface area contributed by atoms with Gasteiger partial charge < -0.3 is 25.3 Å². The third kappa shape index (κ3) is 37.9. The Labute approximate surface area is 205 Å². The third-order valence-corrected chi connectivity index (χ3v) is 2.27. The van der Waals surface area contributed by atoms with Crippen LogP contribution in [0.3, 0.4) is 0 Å². The van der Waals surface area contributed by atoms with Gasteiger partial charge in [0.2, 0.25) is 0 Å². The van der Waals surface area contributed by atoms with E-state index in [2.05, 4.69) is 45.2 Å². The van der Waals surface area contributed by atoms with E-state index >= 15 is 0 Å². The average Bonchev–Trinajstić information content (AvgIpc) is 2.86. The van der Waals surface area contributed by atoms with Gasteiger partial charge in [-0.15, -0.1) is 0 Å². The summed E-state index contributed by atoms with van der Waals surface area (Å²) in [7, 11) is 0. The predicted molar refractivity (Wildman–Crippen MR) is 123 cm³/mol. The maximum absolute atomic E-state index is 7.13. The van der Waals surface area contributed by atoms with Crippen LogP contribution >= 0.6 is 0 Å². The zero-order valence-electron chi connectivity index (χ0n) is 16.4. The standard InChI is InChI=1S/4C5H5N.2CHNS.Mn/c4*1-2-4-6-5-3-1;2*2-1-3;/h4*1-5H;2*3H;/q;;;;;;+2/p-2. The average molecular weight is 488 g/mol. The number of aromatic nitrogens is 4. The van der Waals surface area contributed by atoms with Crippen LogP contribution in [0.2, 0.25) is 0 Å². The van der Waals surface area contributed by atoms with Gasteiger partial charge in [-0.25, -0.2) is 10.5 Å². The Bertz CT molecular complexity index is 602. The first-order valence-corrected chi connectivity index (χ1v) is 9.07. The molecule has 4 aromatic heterocycles. The molecule has 0 saturated heterocycles. The van der Waals surface area contributed by atoms with Crippen molar-refractivity contribution in [2.24, 2.45) is 0 Å². The number of hydrogen-bond acceptors (Lipinski definition) is 8. The van der Waals surface area contributed by atoms with Gasteiger partial charge in [-0.3, -0.25) is 19.9 Å². The molecule has 0 saturated carbocycles. The summed E-state index contributed by atoms with van der Waals surface area (Å²) >= 11 is 7.40. The van der Waals surface area contributed by atoms with E-state index in [1.165, 1.54) is 10.8 Å². The van der Waals surface area contributed by atoms with Gasteiger partial charge in [0, 0.05) is 49.6 Å². The zero-order chi connectivity index (χ0) is 22.4. The largest absolute Gasteiger partial charge is 2.00 e. The van der Waals surface area contributed by atoms with Gasteiger partial charge in [-0.1, -0.05) is 35.1 Å². The van der Waals surface area contributed by atoms with E-state index in [4.69, 9.17) is 10.5 Å². The number of nitriles is 2. The summed E-state index contributed by atoms with van der Waals surface area (Å²) in [5.41, 5.74) is 0. The van der Waals surface area contributed by atoms with Crippen molar-refractivity contribution in [2.45, 2.75) is 0 Å². The fourth-order valence-corrected chi connectivity index (χ4v) is 1.25. The van der Waals surface area contributed by atoms with Gasteiger partial charge in [0.05, 0.1) is 0 Å². The molecule has 4 aromatic rings. The number of pyridine rings is 4. The quantitative estimate of drug-likeness (QED) is 0.205. The van der Waals surface area contributed by atoms with Crippen LogP contribution in [0.1, 0.15) is 0 Å². The molecule has 0 aliphatic rings. The molecule has 0 bridgehead atoms. The second-order valence-corrected chi connectivity index (χ2v) is 4.65. The van der Waals surface area contributed by atoms with Gasteiger partial charge in [-0.2, -0.15) is 0 Å². The Morgan fingerprint density at radius 3 is 0.548 bits per heavy atom. The van der Waals surface area contributed by atoms with Crippen molar-refractivity contribution in [2.75, 3.05) is 0 Å². The van der Waals surface area contributed by atoms with Crippen LogP contribution in [0, 0.1) is 21.3 Å². The Kier molecular flexibility index (Phi) is 35.4. The first kappa shape index (κ1) is 32.2. The number of thiocyanates is 2. The van der Waals surface area contributed by atoms with Crippen molar-refractivity contribution in [3.63, 3.8) is 0 Å². The van der Waals surface area contributed by atoms with Crippen molar-refractivity contribution in [3.05, 3.63) is 122 Å². The van der Waals surface area contributed by atoms with Crippen molar-refractivity contribution < 1.29 is 17.1 Å². The van der Waals surface area contributed by atoms with Gasteiger partial charge in [0.15, 0.2) is 0 Å². The molecule has 1 radical (unpaired) electrons. The fraction of sp³-hybridized carbons (Fsp3) is 0. The van der Waals surface area contributed by atoms with Crippen molar-refractivity contribution in [3.8, 4) is 10.8 Å². The van der Waals surface area contributed by atoms with Crippen LogP contribution in [0.4, 0.5) is 0 Å². The molecule has 157 valence electrons. The Morgan fingerprint density at radius 2 is 0.516 bits per heavy atom. The van der Waals surface area contributed by atoms with Crippen molar-refractivity contribution in [1.82, 2.24) is 19.9 Å². The van der Waals surface area contributed by atoms with Gasteiger partial charge in [-0.05, 0) is 48.5 Å². The molecule has 0 aromatic carbocycles. The summed E-state index contributed by atoms with van der Waals surface area (Å²) in [5, 5.41) is 16.9. The first-order chi connectivity index (χ1) is 14.8. The normalized spacial score (nSPS) is 6.65. The maximum atomic E-state index is 7.13. The molecule has 9 heteroatoms. The van der Waals surface area contributed by atoms with Gasteiger partial charge >= 0.3 is 17.1 Å². The van der Waals surface area contributed by atoms with Crippen LogP contribution in [0.25, 0.3) is 0 Å². The maximum Gasteiger partial charge on any atom is 2.00 e. The molecule has 0 atom stereocenters. The number of nitrogens with zero attached hydrogens (tertiary/aromatic N) is 6. The SMILES string of the molecule is N#C[S-].N#C[S-].[Mn+2].c1ccncc1.c1ccncc1.c1ccncc1.c1ccncc1. The summed E-state index contributed by atoms with van der Waals surface area (Å²) in [6.07, 6.45) is 14.0. The van der Waals surface area contributed by atoms with E-state index in [0.29, 0.717) is 0 Å². The minimum absolute atomic E-state index is 0. The van der Waals surface area contributed by atoms with E-state index in [0.717, 1.165) is 0 Å². The molecule has 0 spiro atoms. The molecular weight excluding hydrogens is 467 g/mol. The molecule has 4 heterocycles. The van der Waals surface area contributed by atoms with E-state index in [9.17, 15) is 0 Å². The van der Waals surface area contributed by atoms with Crippen LogP contribution in [-0.4, -0.2) is 19.9 Å². The smallest absolute Gasteiger partial charge is 0.696 e. The fourth-order valence-electron chi connectivity index (χ4n) is 1.25. The van der Waals surface area contributed by atoms with E-state index in [-0.39, 0.29) is 17.1 Å². The molecule has 31 heavy (non-hydrogen) atoms. The molecule has 0 fully saturated rings. The second kappa shape index (κ2) is 34.1. The molecule has 0 amide bonds. The Balaban J connectivity index is -0.000000309. The summed E-state index contributed by atoms with van der Waals surface area (Å²) in [5.74, 6) is 0. The van der Waals surface area contributed by atoms with Crippen LogP contribution in [0.5, 0.6) is 0 Å². The van der Waals surface area contributed by atoms with Crippen molar-refractivity contribution in [1.29, 1.82) is 10.5 Å². The molecule has 6 nitrogen and oxygen atoms in total. The minimum Gasteiger partial charge on any atom is -0.696 e. The summed E-state index contributed by atoms with van der Waals surface area (Å²) in [4.78, 5) is 15.1. The molecule has 0 unspecified atom stereocenters. The minimum atomic E-state index is 0. The van der Waals surface area contributed by atoms with E-state index < -0.39 is 0 Å². The molecule has 0 aliphatic carbocycles. The summed E-state index contributed by atoms with van der Waals surface area (Å²) < 4.78 is 0. The molecule has 0 N–H and O–H groups in total. The van der Waals surface area contributed by atoms with Gasteiger partial charge in [0.25, 0.3) is 0 Å². The third-order valence-electron chi connectivity index (χ3n) is 2.27. The van der Waals surface area contributed by atoms with Crippen molar-refractivity contribution >= 4 is 25.3 Å². The summed E-state index contributed by atoms with van der Waals surface area (Å²) in [6, 6.07) is 22.9. The molecule has 0 aliphatic heterocycles. The second-order valence-electron chi connectivity index (χ2n) is 4.28. The first-order valence-electron chi connectivity index (χ1n) is 8.25. The topological polar surface area (TPSA) is 99.1 Å². The number of hydrogen-bond donors (Lipinski definition) is 0. The van der Waals surface area contributed by atoms with E-state index in [1.807, 2.05) is 72.8 Å². The number of rotatable bonds is 0. The van der Waals surface area contributed by atoms with Crippen LogP contribution in [-0.2, 0) is 42.3 Å². The Hall–Kier alpha value is -3.46.